The lowest BCUT2D eigenvalue weighted by atomic mass is 10.0. The molecule has 0 saturated heterocycles. The van der Waals surface area contributed by atoms with Crippen molar-refractivity contribution in [2.24, 2.45) is 0 Å². The summed E-state index contributed by atoms with van der Waals surface area (Å²) in [6, 6.07) is 5.69. The smallest absolute Gasteiger partial charge is 0.122 e. The summed E-state index contributed by atoms with van der Waals surface area (Å²) < 4.78 is 10.4. The minimum atomic E-state index is -0.290. The molecule has 1 unspecified atom stereocenters. The van der Waals surface area contributed by atoms with Crippen molar-refractivity contribution < 1.29 is 14.6 Å². The van der Waals surface area contributed by atoms with Gasteiger partial charge in [-0.3, -0.25) is 0 Å². The molecule has 0 heterocycles. The highest BCUT2D eigenvalue weighted by Gasteiger charge is 2.07. The van der Waals surface area contributed by atoms with Crippen molar-refractivity contribution in [3.63, 3.8) is 0 Å². The topological polar surface area (TPSA) is 38.7 Å². The van der Waals surface area contributed by atoms with E-state index in [-0.39, 0.29) is 6.10 Å². The first-order valence-corrected chi connectivity index (χ1v) is 5.59. The number of rotatable bonds is 6. The second-order valence-electron chi connectivity index (χ2n) is 3.87. The lowest BCUT2D eigenvalue weighted by Gasteiger charge is -2.12. The van der Waals surface area contributed by atoms with Gasteiger partial charge in [0.2, 0.25) is 0 Å². The van der Waals surface area contributed by atoms with Crippen LogP contribution < -0.4 is 9.47 Å². The monoisotopic (exact) mass is 224 g/mol. The number of hydrogen-bond donors (Lipinski definition) is 1. The third-order valence-electron chi connectivity index (χ3n) is 2.50. The maximum atomic E-state index is 9.75. The fraction of sp³-hybridized carbons (Fsp3) is 0.538. The first-order chi connectivity index (χ1) is 7.69. The summed E-state index contributed by atoms with van der Waals surface area (Å²) >= 11 is 0. The second kappa shape index (κ2) is 6.38. The first-order valence-electron chi connectivity index (χ1n) is 5.59. The van der Waals surface area contributed by atoms with Crippen LogP contribution in [0.2, 0.25) is 0 Å². The van der Waals surface area contributed by atoms with Gasteiger partial charge in [-0.1, -0.05) is 13.3 Å². The molecule has 90 valence electrons. The van der Waals surface area contributed by atoms with Crippen LogP contribution in [-0.2, 0) is 6.42 Å². The molecule has 1 aromatic carbocycles. The van der Waals surface area contributed by atoms with Crippen molar-refractivity contribution in [3.8, 4) is 11.5 Å². The highest BCUT2D eigenvalue weighted by Crippen LogP contribution is 2.23. The van der Waals surface area contributed by atoms with E-state index in [2.05, 4.69) is 6.92 Å². The highest BCUT2D eigenvalue weighted by atomic mass is 16.5. The second-order valence-corrected chi connectivity index (χ2v) is 3.87. The summed E-state index contributed by atoms with van der Waals surface area (Å²) in [6.07, 6.45) is 2.16. The van der Waals surface area contributed by atoms with Crippen molar-refractivity contribution in [1.82, 2.24) is 0 Å². The zero-order valence-electron chi connectivity index (χ0n) is 10.2. The number of aliphatic hydroxyl groups excluding tert-OH is 1. The van der Waals surface area contributed by atoms with Gasteiger partial charge in [-0.2, -0.15) is 0 Å². The Labute approximate surface area is 97.0 Å². The SMILES string of the molecule is CCCC(O)Cc1cc(OC)cc(OC)c1. The van der Waals surface area contributed by atoms with Crippen LogP contribution in [0.4, 0.5) is 0 Å². The van der Waals surface area contributed by atoms with Gasteiger partial charge in [0.05, 0.1) is 20.3 Å². The summed E-state index contributed by atoms with van der Waals surface area (Å²) in [6.45, 7) is 2.06. The fourth-order valence-electron chi connectivity index (χ4n) is 1.69. The lowest BCUT2D eigenvalue weighted by Crippen LogP contribution is -2.09. The Balaban J connectivity index is 2.78. The van der Waals surface area contributed by atoms with E-state index in [1.54, 1.807) is 14.2 Å². The van der Waals surface area contributed by atoms with Crippen molar-refractivity contribution in [2.75, 3.05) is 14.2 Å². The molecule has 3 heteroatoms. The van der Waals surface area contributed by atoms with E-state index in [9.17, 15) is 5.11 Å². The predicted molar refractivity (Wildman–Crippen MR) is 64.2 cm³/mol. The molecule has 3 nitrogen and oxygen atoms in total. The predicted octanol–water partition coefficient (Wildman–Crippen LogP) is 2.41. The molecular weight excluding hydrogens is 204 g/mol. The maximum absolute atomic E-state index is 9.75. The summed E-state index contributed by atoms with van der Waals surface area (Å²) in [5, 5.41) is 9.75. The molecule has 0 aliphatic rings. The van der Waals surface area contributed by atoms with Gasteiger partial charge >= 0.3 is 0 Å². The van der Waals surface area contributed by atoms with Crippen molar-refractivity contribution >= 4 is 0 Å². The average Bonchev–Trinajstić information content (AvgIpc) is 2.28. The summed E-state index contributed by atoms with van der Waals surface area (Å²) in [7, 11) is 3.25. The minimum Gasteiger partial charge on any atom is -0.497 e. The molecule has 0 aliphatic heterocycles. The third kappa shape index (κ3) is 3.74. The molecule has 1 atom stereocenters. The van der Waals surface area contributed by atoms with E-state index in [1.807, 2.05) is 18.2 Å². The Morgan fingerprint density at radius 2 is 1.69 bits per heavy atom. The van der Waals surface area contributed by atoms with Crippen LogP contribution in [0.15, 0.2) is 18.2 Å². The molecule has 0 aliphatic carbocycles. The van der Waals surface area contributed by atoms with Crippen LogP contribution in [-0.4, -0.2) is 25.4 Å². The minimum absolute atomic E-state index is 0.290. The first kappa shape index (κ1) is 12.8. The van der Waals surface area contributed by atoms with E-state index in [0.29, 0.717) is 6.42 Å². The molecule has 0 saturated carbocycles. The van der Waals surface area contributed by atoms with Gasteiger partial charge in [0, 0.05) is 6.07 Å². The summed E-state index contributed by atoms with van der Waals surface area (Å²) in [4.78, 5) is 0. The Morgan fingerprint density at radius 3 is 2.12 bits per heavy atom. The van der Waals surface area contributed by atoms with E-state index in [4.69, 9.17) is 9.47 Å². The normalized spacial score (nSPS) is 12.2. The van der Waals surface area contributed by atoms with Crippen LogP contribution in [0.25, 0.3) is 0 Å². The molecule has 1 aromatic rings. The van der Waals surface area contributed by atoms with E-state index < -0.39 is 0 Å². The zero-order valence-corrected chi connectivity index (χ0v) is 10.2. The standard InChI is InChI=1S/C13H20O3/c1-4-5-11(14)6-10-7-12(15-2)9-13(8-10)16-3/h7-9,11,14H,4-6H2,1-3H3. The molecule has 1 N–H and O–H groups in total. The average molecular weight is 224 g/mol. The molecule has 0 bridgehead atoms. The van der Waals surface area contributed by atoms with Gasteiger partial charge in [0.25, 0.3) is 0 Å². The maximum Gasteiger partial charge on any atom is 0.122 e. The van der Waals surface area contributed by atoms with Gasteiger partial charge in [0.15, 0.2) is 0 Å². The molecule has 1 rings (SSSR count). The Hall–Kier alpha value is -1.22. The number of ether oxygens (including phenoxy) is 2. The largest absolute Gasteiger partial charge is 0.497 e. The summed E-state index contributed by atoms with van der Waals surface area (Å²) in [5.74, 6) is 1.52. The number of hydrogen-bond acceptors (Lipinski definition) is 3. The van der Waals surface area contributed by atoms with Gasteiger partial charge in [-0.15, -0.1) is 0 Å². The lowest BCUT2D eigenvalue weighted by molar-refractivity contribution is 0.163. The quantitative estimate of drug-likeness (QED) is 0.806. The molecule has 0 aromatic heterocycles. The zero-order chi connectivity index (χ0) is 12.0. The molecular formula is C13H20O3. The van der Waals surface area contributed by atoms with Crippen molar-refractivity contribution in [3.05, 3.63) is 23.8 Å². The van der Waals surface area contributed by atoms with Crippen LogP contribution in [0.1, 0.15) is 25.3 Å². The molecule has 0 amide bonds. The van der Waals surface area contributed by atoms with Gasteiger partial charge in [-0.25, -0.2) is 0 Å². The number of methoxy groups -OCH3 is 2. The number of aliphatic hydroxyl groups is 1. The highest BCUT2D eigenvalue weighted by molar-refractivity contribution is 5.38. The Bertz CT molecular complexity index is 301. The van der Waals surface area contributed by atoms with E-state index in [0.717, 1.165) is 29.9 Å². The van der Waals surface area contributed by atoms with Crippen molar-refractivity contribution in [2.45, 2.75) is 32.3 Å². The van der Waals surface area contributed by atoms with Crippen molar-refractivity contribution in [1.29, 1.82) is 0 Å². The Morgan fingerprint density at radius 1 is 1.12 bits per heavy atom. The van der Waals surface area contributed by atoms with Crippen LogP contribution in [0, 0.1) is 0 Å². The van der Waals surface area contributed by atoms with Crippen LogP contribution in [0.3, 0.4) is 0 Å². The van der Waals surface area contributed by atoms with Gasteiger partial charge < -0.3 is 14.6 Å². The fourth-order valence-corrected chi connectivity index (χ4v) is 1.69. The van der Waals surface area contributed by atoms with E-state index >= 15 is 0 Å². The number of benzene rings is 1. The van der Waals surface area contributed by atoms with E-state index in [1.165, 1.54) is 0 Å². The molecule has 0 fully saturated rings. The molecule has 0 radical (unpaired) electrons. The van der Waals surface area contributed by atoms with Crippen LogP contribution in [0.5, 0.6) is 11.5 Å². The molecule has 16 heavy (non-hydrogen) atoms. The summed E-state index contributed by atoms with van der Waals surface area (Å²) in [5.41, 5.74) is 1.04. The van der Waals surface area contributed by atoms with Gasteiger partial charge in [0.1, 0.15) is 11.5 Å². The Kier molecular flexibility index (Phi) is 5.12. The molecule has 0 spiro atoms. The van der Waals surface area contributed by atoms with Gasteiger partial charge in [-0.05, 0) is 30.5 Å². The van der Waals surface area contributed by atoms with Crippen LogP contribution >= 0.6 is 0 Å². The third-order valence-corrected chi connectivity index (χ3v) is 2.50.